The molecule has 1 aromatic rings. The number of amides is 1. The molecule has 0 radical (unpaired) electrons. The van der Waals surface area contributed by atoms with Crippen molar-refractivity contribution in [2.45, 2.75) is 45.6 Å². The van der Waals surface area contributed by atoms with Crippen LogP contribution in [0.3, 0.4) is 0 Å². The number of hydrogen-bond acceptors (Lipinski definition) is 4. The van der Waals surface area contributed by atoms with Gasteiger partial charge in [-0.15, -0.1) is 0 Å². The molecule has 0 unspecified atom stereocenters. The maximum absolute atomic E-state index is 12.1. The average Bonchev–Trinajstić information content (AvgIpc) is 2.90. The lowest BCUT2D eigenvalue weighted by Gasteiger charge is -2.33. The number of halogens is 1. The Morgan fingerprint density at radius 2 is 2.00 bits per heavy atom. The van der Waals surface area contributed by atoms with Crippen LogP contribution in [-0.2, 0) is 11.2 Å². The summed E-state index contributed by atoms with van der Waals surface area (Å²) in [5, 5.41) is 0.642. The SMILES string of the molecule is CC(C)(C)OC(=O)N1CCC(Cc2c(Cl)ccc3c2OCC3=O)CC1. The Balaban J connectivity index is 1.62. The molecule has 5 nitrogen and oxygen atoms in total. The van der Waals surface area contributed by atoms with Crippen LogP contribution >= 0.6 is 11.6 Å². The number of hydrogen-bond donors (Lipinski definition) is 0. The molecule has 1 amide bonds. The molecule has 1 aromatic carbocycles. The number of Topliss-reactive ketones (excluding diaryl/α,β-unsaturated/α-hetero) is 1. The molecule has 0 spiro atoms. The molecule has 136 valence electrons. The van der Waals surface area contributed by atoms with Crippen molar-refractivity contribution in [3.63, 3.8) is 0 Å². The van der Waals surface area contributed by atoms with E-state index < -0.39 is 5.60 Å². The molecule has 0 aliphatic carbocycles. The number of rotatable bonds is 2. The second kappa shape index (κ2) is 6.87. The Hall–Kier alpha value is -1.75. The van der Waals surface area contributed by atoms with Crippen molar-refractivity contribution in [3.05, 3.63) is 28.3 Å². The molecule has 0 bridgehead atoms. The number of fused-ring (bicyclic) bond motifs is 1. The smallest absolute Gasteiger partial charge is 0.410 e. The third kappa shape index (κ3) is 4.09. The molecule has 1 saturated heterocycles. The fraction of sp³-hybridized carbons (Fsp3) is 0.579. The Kier molecular flexibility index (Phi) is 4.96. The van der Waals surface area contributed by atoms with E-state index in [-0.39, 0.29) is 18.5 Å². The van der Waals surface area contributed by atoms with Crippen molar-refractivity contribution in [1.82, 2.24) is 4.90 Å². The van der Waals surface area contributed by atoms with Crippen LogP contribution in [0, 0.1) is 5.92 Å². The van der Waals surface area contributed by atoms with Crippen molar-refractivity contribution in [1.29, 1.82) is 0 Å². The van der Waals surface area contributed by atoms with Crippen molar-refractivity contribution in [3.8, 4) is 5.75 Å². The highest BCUT2D eigenvalue weighted by molar-refractivity contribution is 6.31. The zero-order chi connectivity index (χ0) is 18.2. The zero-order valence-electron chi connectivity index (χ0n) is 14.9. The van der Waals surface area contributed by atoms with Gasteiger partial charge in [-0.3, -0.25) is 4.79 Å². The van der Waals surface area contributed by atoms with Crippen molar-refractivity contribution >= 4 is 23.5 Å². The van der Waals surface area contributed by atoms with Gasteiger partial charge in [-0.25, -0.2) is 4.79 Å². The van der Waals surface area contributed by atoms with E-state index in [1.54, 1.807) is 17.0 Å². The van der Waals surface area contributed by atoms with Gasteiger partial charge in [0, 0.05) is 23.7 Å². The molecular formula is C19H24ClNO4. The lowest BCUT2D eigenvalue weighted by molar-refractivity contribution is 0.0184. The lowest BCUT2D eigenvalue weighted by Crippen LogP contribution is -2.42. The molecule has 1 fully saturated rings. The first kappa shape index (κ1) is 18.1. The molecule has 2 aliphatic heterocycles. The van der Waals surface area contributed by atoms with Crippen molar-refractivity contribution in [2.24, 2.45) is 5.92 Å². The summed E-state index contributed by atoms with van der Waals surface area (Å²) in [6, 6.07) is 3.51. The van der Waals surface area contributed by atoms with Crippen LogP contribution in [0.25, 0.3) is 0 Å². The highest BCUT2D eigenvalue weighted by Gasteiger charge is 2.30. The lowest BCUT2D eigenvalue weighted by atomic mass is 9.89. The Morgan fingerprint density at radius 3 is 2.64 bits per heavy atom. The number of ketones is 1. The second-order valence-corrected chi connectivity index (χ2v) is 8.14. The van der Waals surface area contributed by atoms with Crippen LogP contribution in [0.1, 0.15) is 49.5 Å². The summed E-state index contributed by atoms with van der Waals surface area (Å²) in [4.78, 5) is 25.7. The van der Waals surface area contributed by atoms with Gasteiger partial charge in [0.15, 0.2) is 6.61 Å². The van der Waals surface area contributed by atoms with Gasteiger partial charge in [0.2, 0.25) is 5.78 Å². The molecule has 25 heavy (non-hydrogen) atoms. The summed E-state index contributed by atoms with van der Waals surface area (Å²) >= 11 is 6.35. The van der Waals surface area contributed by atoms with E-state index in [0.29, 0.717) is 35.3 Å². The summed E-state index contributed by atoms with van der Waals surface area (Å²) in [6.45, 7) is 7.06. The van der Waals surface area contributed by atoms with Gasteiger partial charge in [0.05, 0.1) is 5.56 Å². The van der Waals surface area contributed by atoms with E-state index >= 15 is 0 Å². The Labute approximate surface area is 153 Å². The predicted molar refractivity (Wildman–Crippen MR) is 95.5 cm³/mol. The van der Waals surface area contributed by atoms with Crippen LogP contribution in [0.5, 0.6) is 5.75 Å². The summed E-state index contributed by atoms with van der Waals surface area (Å²) in [5.41, 5.74) is 1.07. The summed E-state index contributed by atoms with van der Waals surface area (Å²) < 4.78 is 11.0. The monoisotopic (exact) mass is 365 g/mol. The molecule has 0 aromatic heterocycles. The van der Waals surface area contributed by atoms with E-state index in [4.69, 9.17) is 21.1 Å². The van der Waals surface area contributed by atoms with Crippen molar-refractivity contribution < 1.29 is 19.1 Å². The van der Waals surface area contributed by atoms with E-state index in [1.807, 2.05) is 20.8 Å². The Morgan fingerprint density at radius 1 is 1.32 bits per heavy atom. The van der Waals surface area contributed by atoms with Crippen LogP contribution in [0.4, 0.5) is 4.79 Å². The number of ether oxygens (including phenoxy) is 2. The number of carbonyl (C=O) groups is 2. The molecule has 3 rings (SSSR count). The summed E-state index contributed by atoms with van der Waals surface area (Å²) in [6.07, 6.45) is 2.27. The van der Waals surface area contributed by atoms with Crippen molar-refractivity contribution in [2.75, 3.05) is 19.7 Å². The van der Waals surface area contributed by atoms with Gasteiger partial charge >= 0.3 is 6.09 Å². The minimum absolute atomic E-state index is 0.00709. The quantitative estimate of drug-likeness (QED) is 0.791. The number of nitrogens with zero attached hydrogens (tertiary/aromatic N) is 1. The van der Waals surface area contributed by atoms with Gasteiger partial charge in [-0.2, -0.15) is 0 Å². The third-order valence-corrected chi connectivity index (χ3v) is 4.96. The van der Waals surface area contributed by atoms with Crippen LogP contribution in [-0.4, -0.2) is 42.1 Å². The van der Waals surface area contributed by atoms with Crippen LogP contribution in [0.2, 0.25) is 5.02 Å². The number of carbonyl (C=O) groups excluding carboxylic acids is 2. The molecule has 0 N–H and O–H groups in total. The van der Waals surface area contributed by atoms with E-state index in [9.17, 15) is 9.59 Å². The fourth-order valence-corrected chi connectivity index (χ4v) is 3.55. The maximum Gasteiger partial charge on any atom is 0.410 e. The number of likely N-dealkylation sites (tertiary alicyclic amines) is 1. The maximum atomic E-state index is 12.1. The molecule has 6 heteroatoms. The minimum atomic E-state index is -0.476. The topological polar surface area (TPSA) is 55.8 Å². The first-order valence-corrected chi connectivity index (χ1v) is 9.07. The van der Waals surface area contributed by atoms with Crippen LogP contribution in [0.15, 0.2) is 12.1 Å². The van der Waals surface area contributed by atoms with Gasteiger partial charge in [0.25, 0.3) is 0 Å². The normalized spacial score (nSPS) is 18.1. The second-order valence-electron chi connectivity index (χ2n) is 7.73. The van der Waals surface area contributed by atoms with Gasteiger partial charge in [-0.1, -0.05) is 11.6 Å². The molecule has 0 saturated carbocycles. The Bertz CT molecular complexity index is 687. The molecule has 0 atom stereocenters. The number of benzene rings is 1. The number of piperidine rings is 1. The summed E-state index contributed by atoms with van der Waals surface area (Å²) in [7, 11) is 0. The molecule has 2 aliphatic rings. The highest BCUT2D eigenvalue weighted by atomic mass is 35.5. The first-order valence-electron chi connectivity index (χ1n) is 8.70. The fourth-order valence-electron chi connectivity index (χ4n) is 3.33. The zero-order valence-corrected chi connectivity index (χ0v) is 15.7. The predicted octanol–water partition coefficient (Wildman–Crippen LogP) is 4.10. The average molecular weight is 366 g/mol. The van der Waals surface area contributed by atoms with E-state index in [2.05, 4.69) is 0 Å². The largest absolute Gasteiger partial charge is 0.484 e. The standard InChI is InChI=1S/C19H24ClNO4/c1-19(2,3)25-18(23)21-8-6-12(7-9-21)10-14-15(20)5-4-13-16(22)11-24-17(13)14/h4-5,12H,6-11H2,1-3H3. The minimum Gasteiger partial charge on any atom is -0.484 e. The van der Waals surface area contributed by atoms with Crippen LogP contribution < -0.4 is 4.74 Å². The first-order chi connectivity index (χ1) is 11.7. The third-order valence-electron chi connectivity index (χ3n) is 4.61. The van der Waals surface area contributed by atoms with E-state index in [0.717, 1.165) is 24.8 Å². The van der Waals surface area contributed by atoms with E-state index in [1.165, 1.54) is 0 Å². The van der Waals surface area contributed by atoms with Gasteiger partial charge in [0.1, 0.15) is 11.4 Å². The highest BCUT2D eigenvalue weighted by Crippen LogP contribution is 2.37. The summed E-state index contributed by atoms with van der Waals surface area (Å²) in [5.74, 6) is 1.06. The van der Waals surface area contributed by atoms with Gasteiger partial charge in [-0.05, 0) is 58.1 Å². The van der Waals surface area contributed by atoms with Gasteiger partial charge < -0.3 is 14.4 Å². The molecule has 2 heterocycles. The molecular weight excluding hydrogens is 342 g/mol.